The van der Waals surface area contributed by atoms with E-state index in [1.165, 1.54) is 12.8 Å². The standard InChI is InChI=1S/C15H20N2O/c1-14(6-7-14)10-17-13(18)15(8-9-15)11-2-4-12(16)5-3-11/h2-5H,6-10,16H2,1H3,(H,17,18). The summed E-state index contributed by atoms with van der Waals surface area (Å²) in [6, 6.07) is 7.73. The Morgan fingerprint density at radius 2 is 1.83 bits per heavy atom. The summed E-state index contributed by atoms with van der Waals surface area (Å²) in [4.78, 5) is 12.3. The molecule has 0 radical (unpaired) electrons. The first-order valence-electron chi connectivity index (χ1n) is 6.69. The van der Waals surface area contributed by atoms with Gasteiger partial charge in [0.05, 0.1) is 5.41 Å². The number of carbonyl (C=O) groups excluding carboxylic acids is 1. The van der Waals surface area contributed by atoms with Gasteiger partial charge >= 0.3 is 0 Å². The van der Waals surface area contributed by atoms with Gasteiger partial charge in [0.25, 0.3) is 0 Å². The van der Waals surface area contributed by atoms with E-state index in [1.807, 2.05) is 24.3 Å². The molecule has 2 aliphatic carbocycles. The van der Waals surface area contributed by atoms with Crippen LogP contribution in [0.5, 0.6) is 0 Å². The van der Waals surface area contributed by atoms with Crippen LogP contribution in [0, 0.1) is 5.41 Å². The summed E-state index contributed by atoms with van der Waals surface area (Å²) >= 11 is 0. The number of nitrogens with two attached hydrogens (primary N) is 1. The molecule has 0 aliphatic heterocycles. The molecule has 3 rings (SSSR count). The number of benzene rings is 1. The Kier molecular flexibility index (Phi) is 2.40. The molecule has 0 saturated heterocycles. The van der Waals surface area contributed by atoms with Crippen LogP contribution in [0.2, 0.25) is 0 Å². The third kappa shape index (κ3) is 1.98. The van der Waals surface area contributed by atoms with Crippen molar-refractivity contribution in [2.24, 2.45) is 5.41 Å². The van der Waals surface area contributed by atoms with Crippen molar-refractivity contribution in [2.45, 2.75) is 38.0 Å². The second-order valence-corrected chi connectivity index (χ2v) is 6.20. The van der Waals surface area contributed by atoms with E-state index < -0.39 is 0 Å². The molecule has 3 N–H and O–H groups in total. The average molecular weight is 244 g/mol. The lowest BCUT2D eigenvalue weighted by Crippen LogP contribution is -2.37. The fourth-order valence-electron chi connectivity index (χ4n) is 2.43. The molecule has 3 nitrogen and oxygen atoms in total. The summed E-state index contributed by atoms with van der Waals surface area (Å²) in [5, 5.41) is 3.13. The molecule has 3 heteroatoms. The van der Waals surface area contributed by atoms with E-state index in [9.17, 15) is 4.79 Å². The Labute approximate surface area is 108 Å². The van der Waals surface area contributed by atoms with Crippen LogP contribution in [0.25, 0.3) is 0 Å². The lowest BCUT2D eigenvalue weighted by atomic mass is 9.94. The second kappa shape index (κ2) is 3.74. The van der Waals surface area contributed by atoms with Crippen molar-refractivity contribution >= 4 is 11.6 Å². The highest BCUT2D eigenvalue weighted by Gasteiger charge is 2.51. The number of hydrogen-bond donors (Lipinski definition) is 2. The molecule has 18 heavy (non-hydrogen) atoms. The van der Waals surface area contributed by atoms with Crippen molar-refractivity contribution in [3.05, 3.63) is 29.8 Å². The second-order valence-electron chi connectivity index (χ2n) is 6.20. The first kappa shape index (κ1) is 11.6. The van der Waals surface area contributed by atoms with Crippen LogP contribution in [-0.2, 0) is 10.2 Å². The van der Waals surface area contributed by atoms with Crippen molar-refractivity contribution in [1.82, 2.24) is 5.32 Å². The molecule has 96 valence electrons. The van der Waals surface area contributed by atoms with Gasteiger partial charge in [0, 0.05) is 12.2 Å². The molecule has 0 unspecified atom stereocenters. The highest BCUT2D eigenvalue weighted by atomic mass is 16.2. The molecule has 0 atom stereocenters. The highest BCUT2D eigenvalue weighted by Crippen LogP contribution is 2.49. The van der Waals surface area contributed by atoms with Gasteiger partial charge in [-0.25, -0.2) is 0 Å². The van der Waals surface area contributed by atoms with E-state index in [0.29, 0.717) is 5.41 Å². The zero-order valence-electron chi connectivity index (χ0n) is 10.8. The molecule has 2 fully saturated rings. The third-order valence-electron chi connectivity index (χ3n) is 4.43. The summed E-state index contributed by atoms with van der Waals surface area (Å²) in [6.45, 7) is 3.05. The largest absolute Gasteiger partial charge is 0.399 e. The van der Waals surface area contributed by atoms with Crippen molar-refractivity contribution in [3.63, 3.8) is 0 Å². The van der Waals surface area contributed by atoms with E-state index in [2.05, 4.69) is 12.2 Å². The fraction of sp³-hybridized carbons (Fsp3) is 0.533. The Morgan fingerprint density at radius 1 is 1.22 bits per heavy atom. The zero-order valence-corrected chi connectivity index (χ0v) is 10.8. The lowest BCUT2D eigenvalue weighted by molar-refractivity contribution is -0.123. The Bertz CT molecular complexity index is 470. The molecule has 0 aromatic heterocycles. The zero-order chi connectivity index (χ0) is 12.8. The van der Waals surface area contributed by atoms with Crippen molar-refractivity contribution in [3.8, 4) is 0 Å². The molecular formula is C15H20N2O. The lowest BCUT2D eigenvalue weighted by Gasteiger charge is -2.18. The Balaban J connectivity index is 1.70. The van der Waals surface area contributed by atoms with Crippen molar-refractivity contribution < 1.29 is 4.79 Å². The minimum absolute atomic E-state index is 0.195. The predicted molar refractivity (Wildman–Crippen MR) is 72.1 cm³/mol. The number of nitrogens with one attached hydrogen (secondary N) is 1. The van der Waals surface area contributed by atoms with Crippen LogP contribution in [0.15, 0.2) is 24.3 Å². The van der Waals surface area contributed by atoms with Crippen LogP contribution in [0.4, 0.5) is 5.69 Å². The predicted octanol–water partition coefficient (Wildman–Crippen LogP) is 2.22. The number of carbonyl (C=O) groups is 1. The first-order chi connectivity index (χ1) is 8.54. The van der Waals surface area contributed by atoms with Gasteiger partial charge in [-0.1, -0.05) is 19.1 Å². The van der Waals surface area contributed by atoms with Gasteiger partial charge < -0.3 is 11.1 Å². The summed E-state index contributed by atoms with van der Waals surface area (Å²) in [6.07, 6.45) is 4.39. The van der Waals surface area contributed by atoms with Crippen LogP contribution in [0.1, 0.15) is 38.2 Å². The van der Waals surface area contributed by atoms with Gasteiger partial charge in [0.15, 0.2) is 0 Å². The molecule has 2 saturated carbocycles. The number of nitrogen functional groups attached to an aromatic ring is 1. The summed E-state index contributed by atoms with van der Waals surface area (Å²) < 4.78 is 0. The third-order valence-corrected chi connectivity index (χ3v) is 4.43. The first-order valence-corrected chi connectivity index (χ1v) is 6.69. The monoisotopic (exact) mass is 244 g/mol. The van der Waals surface area contributed by atoms with Crippen molar-refractivity contribution in [2.75, 3.05) is 12.3 Å². The van der Waals surface area contributed by atoms with E-state index in [4.69, 9.17) is 5.73 Å². The Morgan fingerprint density at radius 3 is 2.33 bits per heavy atom. The summed E-state index contributed by atoms with van der Waals surface area (Å²) in [5.74, 6) is 0.195. The number of hydrogen-bond acceptors (Lipinski definition) is 2. The molecule has 2 aliphatic rings. The SMILES string of the molecule is CC1(CNC(=O)C2(c3ccc(N)cc3)CC2)CC1. The van der Waals surface area contributed by atoms with Crippen molar-refractivity contribution in [1.29, 1.82) is 0 Å². The van der Waals surface area contributed by atoms with Crippen LogP contribution in [-0.4, -0.2) is 12.5 Å². The quantitative estimate of drug-likeness (QED) is 0.798. The van der Waals surface area contributed by atoms with Crippen LogP contribution >= 0.6 is 0 Å². The van der Waals surface area contributed by atoms with Gasteiger partial charge in [0.1, 0.15) is 0 Å². The molecule has 0 bridgehead atoms. The van der Waals surface area contributed by atoms with Gasteiger partial charge in [-0.15, -0.1) is 0 Å². The maximum Gasteiger partial charge on any atom is 0.230 e. The molecule has 0 spiro atoms. The van der Waals surface area contributed by atoms with Gasteiger partial charge in [-0.2, -0.15) is 0 Å². The maximum absolute atomic E-state index is 12.3. The van der Waals surface area contributed by atoms with E-state index in [0.717, 1.165) is 30.6 Å². The van der Waals surface area contributed by atoms with Gasteiger partial charge in [0.2, 0.25) is 5.91 Å². The smallest absolute Gasteiger partial charge is 0.230 e. The molecular weight excluding hydrogens is 224 g/mol. The number of anilines is 1. The van der Waals surface area contributed by atoms with E-state index in [-0.39, 0.29) is 11.3 Å². The maximum atomic E-state index is 12.3. The van der Waals surface area contributed by atoms with Crippen LogP contribution in [0.3, 0.4) is 0 Å². The normalized spacial score (nSPS) is 22.3. The Hall–Kier alpha value is -1.51. The number of amides is 1. The molecule has 1 aromatic rings. The minimum atomic E-state index is -0.265. The highest BCUT2D eigenvalue weighted by molar-refractivity contribution is 5.91. The number of rotatable bonds is 4. The molecule has 0 heterocycles. The van der Waals surface area contributed by atoms with Gasteiger partial charge in [-0.3, -0.25) is 4.79 Å². The molecule has 1 amide bonds. The molecule has 1 aromatic carbocycles. The summed E-state index contributed by atoms with van der Waals surface area (Å²) in [7, 11) is 0. The minimum Gasteiger partial charge on any atom is -0.399 e. The topological polar surface area (TPSA) is 55.1 Å². The van der Waals surface area contributed by atoms with E-state index >= 15 is 0 Å². The average Bonchev–Trinajstić information content (AvgIpc) is 3.25. The summed E-state index contributed by atoms with van der Waals surface area (Å²) in [5.41, 5.74) is 7.65. The van der Waals surface area contributed by atoms with Gasteiger partial charge in [-0.05, 0) is 48.8 Å². The fourth-order valence-corrected chi connectivity index (χ4v) is 2.43. The van der Waals surface area contributed by atoms with E-state index in [1.54, 1.807) is 0 Å². The van der Waals surface area contributed by atoms with Crippen LogP contribution < -0.4 is 11.1 Å².